The fourth-order valence-electron chi connectivity index (χ4n) is 2.92. The van der Waals surface area contributed by atoms with Gasteiger partial charge in [0.05, 0.1) is 17.1 Å². The summed E-state index contributed by atoms with van der Waals surface area (Å²) >= 11 is 1.74. The summed E-state index contributed by atoms with van der Waals surface area (Å²) in [7, 11) is 0. The highest BCUT2D eigenvalue weighted by molar-refractivity contribution is 7.10. The van der Waals surface area contributed by atoms with E-state index in [2.05, 4.69) is 22.8 Å². The number of thiophene rings is 1. The molecule has 1 unspecified atom stereocenters. The van der Waals surface area contributed by atoms with Crippen LogP contribution in [0.2, 0.25) is 0 Å². The number of amides is 1. The van der Waals surface area contributed by atoms with Crippen LogP contribution in [-0.2, 0) is 4.79 Å². The summed E-state index contributed by atoms with van der Waals surface area (Å²) in [5.41, 5.74) is 0.258. The first-order valence-electron chi connectivity index (χ1n) is 7.16. The molecule has 0 radical (unpaired) electrons. The molecule has 1 aliphatic heterocycles. The predicted molar refractivity (Wildman–Crippen MR) is 82.0 cm³/mol. The van der Waals surface area contributed by atoms with Gasteiger partial charge >= 0.3 is 0 Å². The maximum absolute atomic E-state index is 13.5. The van der Waals surface area contributed by atoms with Crippen LogP contribution in [-0.4, -0.2) is 19.0 Å². The zero-order valence-electron chi connectivity index (χ0n) is 11.6. The third-order valence-electron chi connectivity index (χ3n) is 3.91. The van der Waals surface area contributed by atoms with E-state index in [9.17, 15) is 9.18 Å². The molecule has 110 valence electrons. The molecule has 0 spiro atoms. The lowest BCUT2D eigenvalue weighted by molar-refractivity contribution is -0.910. The first kappa shape index (κ1) is 14.2. The molecule has 2 heterocycles. The van der Waals surface area contributed by atoms with Crippen LogP contribution in [0.5, 0.6) is 0 Å². The number of carbonyl (C=O) groups is 1. The minimum Gasteiger partial charge on any atom is -0.320 e. The lowest BCUT2D eigenvalue weighted by Crippen LogP contribution is -3.11. The third-order valence-corrected chi connectivity index (χ3v) is 4.89. The largest absolute Gasteiger partial charge is 0.320 e. The zero-order valence-corrected chi connectivity index (χ0v) is 12.5. The fraction of sp³-hybridized carbons (Fsp3) is 0.312. The van der Waals surface area contributed by atoms with E-state index in [1.54, 1.807) is 29.5 Å². The first-order valence-corrected chi connectivity index (χ1v) is 8.04. The number of halogens is 1. The molecule has 1 amide bonds. The van der Waals surface area contributed by atoms with Gasteiger partial charge in [-0.25, -0.2) is 4.39 Å². The molecule has 2 aromatic rings. The van der Waals surface area contributed by atoms with Gasteiger partial charge in [0, 0.05) is 12.8 Å². The Morgan fingerprint density at radius 2 is 2.19 bits per heavy atom. The molecule has 0 bridgehead atoms. The van der Waals surface area contributed by atoms with Gasteiger partial charge in [-0.2, -0.15) is 0 Å². The smallest absolute Gasteiger partial charge is 0.279 e. The van der Waals surface area contributed by atoms with Gasteiger partial charge in [-0.05, 0) is 23.6 Å². The Morgan fingerprint density at radius 3 is 2.95 bits per heavy atom. The fourth-order valence-corrected chi connectivity index (χ4v) is 3.84. The minimum absolute atomic E-state index is 0.126. The SMILES string of the molecule is O=C(C[NH+]1CCC[C@@H]1c1cccs1)Nc1ccccc1F. The van der Waals surface area contributed by atoms with Crippen LogP contribution in [0.3, 0.4) is 0 Å². The molecule has 1 aliphatic rings. The van der Waals surface area contributed by atoms with Gasteiger partial charge in [0.25, 0.3) is 5.91 Å². The van der Waals surface area contributed by atoms with Crippen LogP contribution in [0.15, 0.2) is 41.8 Å². The van der Waals surface area contributed by atoms with Gasteiger partial charge in [-0.3, -0.25) is 4.79 Å². The van der Waals surface area contributed by atoms with Gasteiger partial charge in [0.1, 0.15) is 11.9 Å². The Hall–Kier alpha value is -1.72. The molecule has 1 aromatic heterocycles. The Bertz CT molecular complexity index is 614. The average molecular weight is 305 g/mol. The Morgan fingerprint density at radius 1 is 1.33 bits per heavy atom. The second-order valence-corrected chi connectivity index (χ2v) is 6.30. The normalized spacial score (nSPS) is 21.4. The summed E-state index contributed by atoms with van der Waals surface area (Å²) in [6.45, 7) is 1.38. The number of rotatable bonds is 4. The van der Waals surface area contributed by atoms with Crippen LogP contribution >= 0.6 is 11.3 Å². The maximum Gasteiger partial charge on any atom is 0.279 e. The first-order chi connectivity index (χ1) is 10.2. The quantitative estimate of drug-likeness (QED) is 0.892. The van der Waals surface area contributed by atoms with Crippen LogP contribution < -0.4 is 10.2 Å². The van der Waals surface area contributed by atoms with Crippen molar-refractivity contribution < 1.29 is 14.1 Å². The van der Waals surface area contributed by atoms with Crippen molar-refractivity contribution in [3.63, 3.8) is 0 Å². The van der Waals surface area contributed by atoms with Crippen LogP contribution in [0, 0.1) is 5.82 Å². The van der Waals surface area contributed by atoms with E-state index in [1.165, 1.54) is 15.8 Å². The third kappa shape index (κ3) is 3.31. The molecule has 3 nitrogen and oxygen atoms in total. The van der Waals surface area contributed by atoms with Gasteiger partial charge in [-0.15, -0.1) is 11.3 Å². The van der Waals surface area contributed by atoms with E-state index < -0.39 is 5.82 Å². The molecule has 2 N–H and O–H groups in total. The number of nitrogens with one attached hydrogen (secondary N) is 2. The molecule has 1 aromatic carbocycles. The molecule has 5 heteroatoms. The van der Waals surface area contributed by atoms with Crippen molar-refractivity contribution in [3.05, 3.63) is 52.5 Å². The molecule has 1 saturated heterocycles. The molecular weight excluding hydrogens is 287 g/mol. The van der Waals surface area contributed by atoms with E-state index in [4.69, 9.17) is 0 Å². The van der Waals surface area contributed by atoms with Crippen molar-refractivity contribution in [3.8, 4) is 0 Å². The highest BCUT2D eigenvalue weighted by Crippen LogP contribution is 2.23. The van der Waals surface area contributed by atoms with E-state index in [1.807, 2.05) is 0 Å². The number of hydrogen-bond donors (Lipinski definition) is 2. The van der Waals surface area contributed by atoms with E-state index in [-0.39, 0.29) is 11.6 Å². The van der Waals surface area contributed by atoms with Gasteiger partial charge in [-0.1, -0.05) is 18.2 Å². The standard InChI is InChI=1S/C16H17FN2OS/c17-12-5-1-2-6-13(12)18-16(20)11-19-9-3-7-14(19)15-8-4-10-21-15/h1-2,4-6,8,10,14H,3,7,9,11H2,(H,18,20)/p+1/t14-/m1/s1. The minimum atomic E-state index is -0.392. The average Bonchev–Trinajstić information content (AvgIpc) is 3.11. The van der Waals surface area contributed by atoms with Crippen molar-refractivity contribution in [1.82, 2.24) is 0 Å². The van der Waals surface area contributed by atoms with Crippen molar-refractivity contribution >= 4 is 22.9 Å². The lowest BCUT2D eigenvalue weighted by Gasteiger charge is -2.20. The van der Waals surface area contributed by atoms with Crippen molar-refractivity contribution in [2.24, 2.45) is 0 Å². The van der Waals surface area contributed by atoms with Crippen molar-refractivity contribution in [1.29, 1.82) is 0 Å². The van der Waals surface area contributed by atoms with Crippen LogP contribution in [0.25, 0.3) is 0 Å². The second kappa shape index (κ2) is 6.37. The van der Waals surface area contributed by atoms with Crippen molar-refractivity contribution in [2.45, 2.75) is 18.9 Å². The number of quaternary nitrogens is 1. The number of anilines is 1. The van der Waals surface area contributed by atoms with E-state index in [0.29, 0.717) is 12.6 Å². The molecule has 3 rings (SSSR count). The Kier molecular flexibility index (Phi) is 4.31. The topological polar surface area (TPSA) is 33.5 Å². The number of benzene rings is 1. The summed E-state index contributed by atoms with van der Waals surface area (Å²) in [4.78, 5) is 14.7. The maximum atomic E-state index is 13.5. The summed E-state index contributed by atoms with van der Waals surface area (Å²) in [5.74, 6) is -0.518. The number of likely N-dealkylation sites (tertiary alicyclic amines) is 1. The predicted octanol–water partition coefficient (Wildman–Crippen LogP) is 2.25. The zero-order chi connectivity index (χ0) is 14.7. The molecule has 2 atom stereocenters. The van der Waals surface area contributed by atoms with Crippen LogP contribution in [0.4, 0.5) is 10.1 Å². The molecule has 21 heavy (non-hydrogen) atoms. The highest BCUT2D eigenvalue weighted by Gasteiger charge is 2.32. The Balaban J connectivity index is 1.63. The van der Waals surface area contributed by atoms with Gasteiger partial charge in [0.15, 0.2) is 6.54 Å². The monoisotopic (exact) mass is 305 g/mol. The van der Waals surface area contributed by atoms with E-state index in [0.717, 1.165) is 19.4 Å². The summed E-state index contributed by atoms with van der Waals surface area (Å²) in [6.07, 6.45) is 2.24. The molecule has 1 fully saturated rings. The molecule has 0 aliphatic carbocycles. The summed E-state index contributed by atoms with van der Waals surface area (Å²) in [5, 5.41) is 4.75. The molecule has 0 saturated carbocycles. The van der Waals surface area contributed by atoms with Gasteiger partial charge in [0.2, 0.25) is 0 Å². The highest BCUT2D eigenvalue weighted by atomic mass is 32.1. The molecular formula is C16H18FN2OS+. The number of para-hydroxylation sites is 1. The van der Waals surface area contributed by atoms with Gasteiger partial charge < -0.3 is 10.2 Å². The Labute approximate surface area is 127 Å². The lowest BCUT2D eigenvalue weighted by atomic mass is 10.2. The van der Waals surface area contributed by atoms with Crippen molar-refractivity contribution in [2.75, 3.05) is 18.4 Å². The second-order valence-electron chi connectivity index (χ2n) is 5.32. The summed E-state index contributed by atoms with van der Waals surface area (Å²) in [6, 6.07) is 10.9. The van der Waals surface area contributed by atoms with Crippen LogP contribution in [0.1, 0.15) is 23.8 Å². The summed E-state index contributed by atoms with van der Waals surface area (Å²) < 4.78 is 13.5. The number of carbonyl (C=O) groups excluding carboxylic acids is 1. The number of hydrogen-bond acceptors (Lipinski definition) is 2. The van der Waals surface area contributed by atoms with E-state index >= 15 is 0 Å².